The van der Waals surface area contributed by atoms with Crippen molar-refractivity contribution < 1.29 is 19.0 Å². The van der Waals surface area contributed by atoms with Crippen LogP contribution in [-0.2, 0) is 16.1 Å². The predicted molar refractivity (Wildman–Crippen MR) is 90.6 cm³/mol. The van der Waals surface area contributed by atoms with Crippen molar-refractivity contribution in [3.05, 3.63) is 35.5 Å². The molecule has 0 bridgehead atoms. The molecule has 0 saturated heterocycles. The van der Waals surface area contributed by atoms with Gasteiger partial charge in [-0.25, -0.2) is 4.79 Å². The van der Waals surface area contributed by atoms with E-state index in [-0.39, 0.29) is 12.2 Å². The van der Waals surface area contributed by atoms with Crippen molar-refractivity contribution in [3.63, 3.8) is 0 Å². The Morgan fingerprint density at radius 2 is 2.12 bits per heavy atom. The highest BCUT2D eigenvalue weighted by atomic mass is 16.5. The Labute approximate surface area is 143 Å². The van der Waals surface area contributed by atoms with Crippen LogP contribution in [0.5, 0.6) is 11.5 Å². The van der Waals surface area contributed by atoms with Gasteiger partial charge in [0.2, 0.25) is 0 Å². The first-order chi connectivity index (χ1) is 11.7. The third kappa shape index (κ3) is 6.21. The van der Waals surface area contributed by atoms with Gasteiger partial charge in [0.25, 0.3) is 0 Å². The number of unbranched alkanes of at least 4 members (excludes halogenated alkanes) is 1. The maximum absolute atomic E-state index is 11.5. The summed E-state index contributed by atoms with van der Waals surface area (Å²) in [4.78, 5) is 11.5. The van der Waals surface area contributed by atoms with Crippen LogP contribution in [0.25, 0.3) is 0 Å². The summed E-state index contributed by atoms with van der Waals surface area (Å²) in [6.07, 6.45) is 3.41. The molecule has 1 aromatic rings. The van der Waals surface area contributed by atoms with Crippen LogP contribution in [0.3, 0.4) is 0 Å². The average Bonchev–Trinajstić information content (AvgIpc) is 2.59. The smallest absolute Gasteiger partial charge is 0.350 e. The SMILES string of the molecule is CCCCOc1ccc(CN/C=C(/C#N)C(=O)OCC)cc1OC. The van der Waals surface area contributed by atoms with E-state index in [0.29, 0.717) is 24.7 Å². The van der Waals surface area contributed by atoms with Gasteiger partial charge in [0.1, 0.15) is 6.07 Å². The number of esters is 1. The van der Waals surface area contributed by atoms with E-state index in [2.05, 4.69) is 12.2 Å². The van der Waals surface area contributed by atoms with Crippen molar-refractivity contribution in [1.29, 1.82) is 5.26 Å². The van der Waals surface area contributed by atoms with Crippen molar-refractivity contribution in [2.45, 2.75) is 33.2 Å². The number of ether oxygens (including phenoxy) is 3. The summed E-state index contributed by atoms with van der Waals surface area (Å²) in [6.45, 7) is 5.12. The first-order valence-electron chi connectivity index (χ1n) is 7.96. The summed E-state index contributed by atoms with van der Waals surface area (Å²) in [5, 5.41) is 11.9. The number of methoxy groups -OCH3 is 1. The molecule has 1 aromatic carbocycles. The zero-order chi connectivity index (χ0) is 17.8. The fourth-order valence-electron chi connectivity index (χ4n) is 1.88. The minimum Gasteiger partial charge on any atom is -0.493 e. The van der Waals surface area contributed by atoms with Gasteiger partial charge in [-0.05, 0) is 31.0 Å². The minimum atomic E-state index is -0.634. The normalized spacial score (nSPS) is 10.7. The highest BCUT2D eigenvalue weighted by molar-refractivity contribution is 5.92. The van der Waals surface area contributed by atoms with Gasteiger partial charge < -0.3 is 19.5 Å². The Kier molecular flexibility index (Phi) is 8.84. The van der Waals surface area contributed by atoms with Crippen molar-refractivity contribution in [3.8, 4) is 17.6 Å². The first-order valence-corrected chi connectivity index (χ1v) is 7.96. The molecule has 0 aromatic heterocycles. The van der Waals surface area contributed by atoms with E-state index in [1.165, 1.54) is 6.20 Å². The molecule has 0 heterocycles. The number of benzene rings is 1. The van der Waals surface area contributed by atoms with Crippen LogP contribution in [0.2, 0.25) is 0 Å². The fraction of sp³-hybridized carbons (Fsp3) is 0.444. The van der Waals surface area contributed by atoms with Gasteiger partial charge in [-0.2, -0.15) is 5.26 Å². The Balaban J connectivity index is 2.68. The third-order valence-electron chi connectivity index (χ3n) is 3.15. The Hall–Kier alpha value is -2.68. The predicted octanol–water partition coefficient (Wildman–Crippen LogP) is 2.93. The Morgan fingerprint density at radius 3 is 2.75 bits per heavy atom. The molecule has 0 amide bonds. The topological polar surface area (TPSA) is 80.6 Å². The molecule has 0 saturated carbocycles. The average molecular weight is 332 g/mol. The number of hydrogen-bond acceptors (Lipinski definition) is 6. The summed E-state index contributed by atoms with van der Waals surface area (Å²) >= 11 is 0. The molecule has 0 aliphatic carbocycles. The monoisotopic (exact) mass is 332 g/mol. The van der Waals surface area contributed by atoms with Crippen molar-refractivity contribution >= 4 is 5.97 Å². The van der Waals surface area contributed by atoms with Gasteiger partial charge in [0, 0.05) is 12.7 Å². The van der Waals surface area contributed by atoms with Gasteiger partial charge in [0.15, 0.2) is 17.1 Å². The molecule has 6 heteroatoms. The highest BCUT2D eigenvalue weighted by Gasteiger charge is 2.09. The van der Waals surface area contributed by atoms with Crippen molar-refractivity contribution in [2.24, 2.45) is 0 Å². The van der Waals surface area contributed by atoms with Crippen LogP contribution in [0.4, 0.5) is 0 Å². The number of nitriles is 1. The van der Waals surface area contributed by atoms with Crippen LogP contribution >= 0.6 is 0 Å². The second-order valence-corrected chi connectivity index (χ2v) is 4.96. The van der Waals surface area contributed by atoms with Crippen LogP contribution < -0.4 is 14.8 Å². The number of nitrogens with zero attached hydrogens (tertiary/aromatic N) is 1. The minimum absolute atomic E-state index is 0.0664. The summed E-state index contributed by atoms with van der Waals surface area (Å²) in [6, 6.07) is 7.43. The molecule has 130 valence electrons. The van der Waals surface area contributed by atoms with Crippen LogP contribution in [-0.4, -0.2) is 26.3 Å². The van der Waals surface area contributed by atoms with Gasteiger partial charge in [0.05, 0.1) is 20.3 Å². The lowest BCUT2D eigenvalue weighted by atomic mass is 10.2. The third-order valence-corrected chi connectivity index (χ3v) is 3.15. The number of hydrogen-bond donors (Lipinski definition) is 1. The van der Waals surface area contributed by atoms with E-state index in [0.717, 1.165) is 18.4 Å². The molecular weight excluding hydrogens is 308 g/mol. The maximum Gasteiger partial charge on any atom is 0.350 e. The fourth-order valence-corrected chi connectivity index (χ4v) is 1.88. The summed E-state index contributed by atoms with van der Waals surface area (Å²) in [5.74, 6) is 0.722. The lowest BCUT2D eigenvalue weighted by Gasteiger charge is -2.12. The van der Waals surface area contributed by atoms with E-state index in [1.807, 2.05) is 24.3 Å². The standard InChI is InChI=1S/C18H24N2O4/c1-4-6-9-24-16-8-7-14(10-17(16)22-3)12-20-13-15(11-19)18(21)23-5-2/h7-8,10,13,20H,4-6,9,12H2,1-3H3/b15-13-. The molecule has 1 N–H and O–H groups in total. The molecule has 0 aliphatic heterocycles. The van der Waals surface area contributed by atoms with Crippen LogP contribution in [0.1, 0.15) is 32.3 Å². The van der Waals surface area contributed by atoms with E-state index in [9.17, 15) is 4.79 Å². The molecule has 0 spiro atoms. The Morgan fingerprint density at radius 1 is 1.33 bits per heavy atom. The molecule has 24 heavy (non-hydrogen) atoms. The molecule has 0 fully saturated rings. The second kappa shape index (κ2) is 10.9. The van der Waals surface area contributed by atoms with E-state index >= 15 is 0 Å². The van der Waals surface area contributed by atoms with Crippen molar-refractivity contribution in [1.82, 2.24) is 5.32 Å². The number of rotatable bonds is 10. The molecule has 0 aliphatic rings. The summed E-state index contributed by atoms with van der Waals surface area (Å²) in [7, 11) is 1.59. The van der Waals surface area contributed by atoms with Gasteiger partial charge >= 0.3 is 5.97 Å². The maximum atomic E-state index is 11.5. The van der Waals surface area contributed by atoms with E-state index < -0.39 is 5.97 Å². The molecular formula is C18H24N2O4. The Bertz CT molecular complexity index is 606. The first kappa shape index (κ1) is 19.4. The highest BCUT2D eigenvalue weighted by Crippen LogP contribution is 2.28. The lowest BCUT2D eigenvalue weighted by Crippen LogP contribution is -2.12. The molecule has 0 atom stereocenters. The number of carbonyl (C=O) groups excluding carboxylic acids is 1. The van der Waals surface area contributed by atoms with Gasteiger partial charge in [-0.15, -0.1) is 0 Å². The number of nitrogens with one attached hydrogen (secondary N) is 1. The summed E-state index contributed by atoms with van der Waals surface area (Å²) < 4.78 is 15.8. The lowest BCUT2D eigenvalue weighted by molar-refractivity contribution is -0.138. The van der Waals surface area contributed by atoms with E-state index in [4.69, 9.17) is 19.5 Å². The van der Waals surface area contributed by atoms with E-state index in [1.54, 1.807) is 14.0 Å². The second-order valence-electron chi connectivity index (χ2n) is 4.96. The number of carbonyl (C=O) groups is 1. The van der Waals surface area contributed by atoms with Crippen LogP contribution in [0.15, 0.2) is 30.0 Å². The van der Waals surface area contributed by atoms with Crippen LogP contribution in [0, 0.1) is 11.3 Å². The van der Waals surface area contributed by atoms with Gasteiger partial charge in [-0.3, -0.25) is 0 Å². The zero-order valence-corrected chi connectivity index (χ0v) is 14.4. The molecule has 6 nitrogen and oxygen atoms in total. The quantitative estimate of drug-likeness (QED) is 0.307. The van der Waals surface area contributed by atoms with Gasteiger partial charge in [-0.1, -0.05) is 19.4 Å². The zero-order valence-electron chi connectivity index (χ0n) is 14.4. The summed E-state index contributed by atoms with van der Waals surface area (Å²) in [5.41, 5.74) is 0.871. The molecule has 1 rings (SSSR count). The van der Waals surface area contributed by atoms with Crippen molar-refractivity contribution in [2.75, 3.05) is 20.3 Å². The molecule has 0 unspecified atom stereocenters. The largest absolute Gasteiger partial charge is 0.493 e. The molecule has 0 radical (unpaired) electrons.